The highest BCUT2D eigenvalue weighted by atomic mass is 35.5. The van der Waals surface area contributed by atoms with E-state index >= 15 is 0 Å². The molecule has 1 aromatic heterocycles. The molecule has 0 spiro atoms. The van der Waals surface area contributed by atoms with Gasteiger partial charge in [-0.05, 0) is 54.1 Å². The molecule has 0 aliphatic heterocycles. The van der Waals surface area contributed by atoms with E-state index in [-0.39, 0.29) is 11.7 Å². The van der Waals surface area contributed by atoms with Gasteiger partial charge in [-0.1, -0.05) is 35.9 Å². The van der Waals surface area contributed by atoms with Crippen LogP contribution in [0.4, 0.5) is 4.39 Å². The molecule has 0 saturated carbocycles. The van der Waals surface area contributed by atoms with Crippen molar-refractivity contribution in [2.45, 2.75) is 13.0 Å². The normalized spacial score (nSPS) is 11.0. The monoisotopic (exact) mass is 407 g/mol. The van der Waals surface area contributed by atoms with Gasteiger partial charge in [0.1, 0.15) is 11.6 Å². The lowest BCUT2D eigenvalue weighted by Gasteiger charge is -2.10. The minimum Gasteiger partial charge on any atom is -0.352 e. The summed E-state index contributed by atoms with van der Waals surface area (Å²) in [5, 5.41) is 3.58. The summed E-state index contributed by atoms with van der Waals surface area (Å²) in [7, 11) is 0. The Labute approximate surface area is 173 Å². The SMILES string of the molecule is O=C(NCCc1nc2ccccc2n1Cc1ccc(Cl)cc1)c1ccc(F)cc1. The quantitative estimate of drug-likeness (QED) is 0.496. The maximum atomic E-state index is 13.0. The topological polar surface area (TPSA) is 46.9 Å². The predicted molar refractivity (Wildman–Crippen MR) is 113 cm³/mol. The molecule has 6 heteroatoms. The predicted octanol–water partition coefficient (Wildman–Crippen LogP) is 4.85. The van der Waals surface area contributed by atoms with Crippen LogP contribution >= 0.6 is 11.6 Å². The van der Waals surface area contributed by atoms with E-state index < -0.39 is 0 Å². The first-order valence-electron chi connectivity index (χ1n) is 9.32. The van der Waals surface area contributed by atoms with Crippen molar-refractivity contribution in [3.8, 4) is 0 Å². The molecule has 146 valence electrons. The first-order valence-corrected chi connectivity index (χ1v) is 9.70. The summed E-state index contributed by atoms with van der Waals surface area (Å²) in [5.41, 5.74) is 3.51. The van der Waals surface area contributed by atoms with Crippen molar-refractivity contribution >= 4 is 28.5 Å². The Balaban J connectivity index is 1.51. The van der Waals surface area contributed by atoms with E-state index in [1.807, 2.05) is 48.5 Å². The number of para-hydroxylation sites is 2. The highest BCUT2D eigenvalue weighted by Gasteiger charge is 2.12. The van der Waals surface area contributed by atoms with E-state index in [1.54, 1.807) is 0 Å². The number of nitrogens with one attached hydrogen (secondary N) is 1. The van der Waals surface area contributed by atoms with Crippen LogP contribution in [0.1, 0.15) is 21.7 Å². The number of hydrogen-bond donors (Lipinski definition) is 1. The van der Waals surface area contributed by atoms with Gasteiger partial charge in [0, 0.05) is 30.1 Å². The second-order valence-electron chi connectivity index (χ2n) is 6.74. The third-order valence-corrected chi connectivity index (χ3v) is 4.98. The number of carbonyl (C=O) groups excluding carboxylic acids is 1. The van der Waals surface area contributed by atoms with Gasteiger partial charge in [-0.3, -0.25) is 4.79 Å². The number of hydrogen-bond acceptors (Lipinski definition) is 2. The molecule has 0 aliphatic rings. The number of aromatic nitrogens is 2. The van der Waals surface area contributed by atoms with Crippen LogP contribution < -0.4 is 5.32 Å². The molecule has 4 aromatic rings. The molecule has 1 heterocycles. The summed E-state index contributed by atoms with van der Waals surface area (Å²) in [6.45, 7) is 1.10. The Morgan fingerprint density at radius 1 is 1.00 bits per heavy atom. The van der Waals surface area contributed by atoms with Crippen LogP contribution in [0.5, 0.6) is 0 Å². The van der Waals surface area contributed by atoms with Crippen molar-refractivity contribution < 1.29 is 9.18 Å². The Morgan fingerprint density at radius 2 is 1.72 bits per heavy atom. The van der Waals surface area contributed by atoms with Crippen LogP contribution in [0, 0.1) is 5.82 Å². The van der Waals surface area contributed by atoms with Crippen molar-refractivity contribution in [3.05, 3.63) is 101 Å². The summed E-state index contributed by atoms with van der Waals surface area (Å²) in [6, 6.07) is 21.2. The van der Waals surface area contributed by atoms with Crippen LogP contribution in [-0.4, -0.2) is 22.0 Å². The van der Waals surface area contributed by atoms with Crippen molar-refractivity contribution in [1.29, 1.82) is 0 Å². The van der Waals surface area contributed by atoms with E-state index in [0.717, 1.165) is 22.4 Å². The van der Waals surface area contributed by atoms with Gasteiger partial charge in [-0.25, -0.2) is 9.37 Å². The zero-order chi connectivity index (χ0) is 20.2. The zero-order valence-corrected chi connectivity index (χ0v) is 16.4. The number of rotatable bonds is 6. The maximum Gasteiger partial charge on any atom is 0.251 e. The van der Waals surface area contributed by atoms with Gasteiger partial charge >= 0.3 is 0 Å². The van der Waals surface area contributed by atoms with Crippen molar-refractivity contribution in [3.63, 3.8) is 0 Å². The van der Waals surface area contributed by atoms with Crippen LogP contribution in [0.15, 0.2) is 72.8 Å². The first kappa shape index (κ1) is 19.2. The van der Waals surface area contributed by atoms with Gasteiger partial charge in [-0.15, -0.1) is 0 Å². The van der Waals surface area contributed by atoms with Crippen molar-refractivity contribution in [2.24, 2.45) is 0 Å². The van der Waals surface area contributed by atoms with E-state index in [2.05, 4.69) is 9.88 Å². The van der Waals surface area contributed by atoms with Gasteiger partial charge in [0.15, 0.2) is 0 Å². The van der Waals surface area contributed by atoms with Crippen LogP contribution in [-0.2, 0) is 13.0 Å². The molecule has 29 heavy (non-hydrogen) atoms. The number of carbonyl (C=O) groups is 1. The van der Waals surface area contributed by atoms with E-state index in [9.17, 15) is 9.18 Å². The smallest absolute Gasteiger partial charge is 0.251 e. The average Bonchev–Trinajstić information content (AvgIpc) is 3.07. The highest BCUT2D eigenvalue weighted by molar-refractivity contribution is 6.30. The number of fused-ring (bicyclic) bond motifs is 1. The van der Waals surface area contributed by atoms with Gasteiger partial charge in [0.2, 0.25) is 0 Å². The maximum absolute atomic E-state index is 13.0. The Hall–Kier alpha value is -3.18. The summed E-state index contributed by atoms with van der Waals surface area (Å²) >= 11 is 6.00. The van der Waals surface area contributed by atoms with Crippen LogP contribution in [0.2, 0.25) is 5.02 Å². The Bertz CT molecular complexity index is 1140. The number of benzene rings is 3. The second-order valence-corrected chi connectivity index (χ2v) is 7.18. The number of imidazole rings is 1. The molecule has 4 rings (SSSR count). The van der Waals surface area contributed by atoms with Gasteiger partial charge < -0.3 is 9.88 Å². The molecule has 1 amide bonds. The highest BCUT2D eigenvalue weighted by Crippen LogP contribution is 2.19. The van der Waals surface area contributed by atoms with Gasteiger partial charge in [-0.2, -0.15) is 0 Å². The summed E-state index contributed by atoms with van der Waals surface area (Å²) in [6.07, 6.45) is 0.579. The zero-order valence-electron chi connectivity index (χ0n) is 15.6. The van der Waals surface area contributed by atoms with Gasteiger partial charge in [0.25, 0.3) is 5.91 Å². The molecule has 0 aliphatic carbocycles. The largest absolute Gasteiger partial charge is 0.352 e. The van der Waals surface area contributed by atoms with E-state index in [4.69, 9.17) is 16.6 Å². The van der Waals surface area contributed by atoms with E-state index in [0.29, 0.717) is 30.1 Å². The minimum absolute atomic E-state index is 0.231. The van der Waals surface area contributed by atoms with Crippen LogP contribution in [0.25, 0.3) is 11.0 Å². The summed E-state index contributed by atoms with van der Waals surface area (Å²) < 4.78 is 15.2. The summed E-state index contributed by atoms with van der Waals surface area (Å²) in [5.74, 6) is 0.295. The van der Waals surface area contributed by atoms with Gasteiger partial charge in [0.05, 0.1) is 11.0 Å². The minimum atomic E-state index is -0.363. The summed E-state index contributed by atoms with van der Waals surface area (Å²) in [4.78, 5) is 17.0. The third kappa shape index (κ3) is 4.46. The number of halogens is 2. The lowest BCUT2D eigenvalue weighted by molar-refractivity contribution is 0.0954. The molecule has 0 atom stereocenters. The lowest BCUT2D eigenvalue weighted by atomic mass is 10.2. The van der Waals surface area contributed by atoms with Crippen molar-refractivity contribution in [2.75, 3.05) is 6.54 Å². The fourth-order valence-electron chi connectivity index (χ4n) is 3.26. The van der Waals surface area contributed by atoms with Crippen molar-refractivity contribution in [1.82, 2.24) is 14.9 Å². The molecule has 3 aromatic carbocycles. The first-order chi connectivity index (χ1) is 14.1. The molecule has 0 unspecified atom stereocenters. The molecular weight excluding hydrogens is 389 g/mol. The third-order valence-electron chi connectivity index (χ3n) is 4.73. The second kappa shape index (κ2) is 8.45. The molecule has 4 nitrogen and oxygen atoms in total. The molecule has 0 radical (unpaired) electrons. The number of amides is 1. The molecule has 0 fully saturated rings. The Kier molecular flexibility index (Phi) is 5.58. The molecular formula is C23H19ClFN3O. The standard InChI is InChI=1S/C23H19ClFN3O/c24-18-9-5-16(6-10-18)15-28-21-4-2-1-3-20(21)27-22(28)13-14-26-23(29)17-7-11-19(25)12-8-17/h1-12H,13-15H2,(H,26,29). The van der Waals surface area contributed by atoms with E-state index in [1.165, 1.54) is 24.3 Å². The molecule has 1 N–H and O–H groups in total. The lowest BCUT2D eigenvalue weighted by Crippen LogP contribution is -2.26. The fraction of sp³-hybridized carbons (Fsp3) is 0.130. The average molecular weight is 408 g/mol. The molecule has 0 bridgehead atoms. The fourth-order valence-corrected chi connectivity index (χ4v) is 3.38. The Morgan fingerprint density at radius 3 is 2.48 bits per heavy atom. The number of nitrogens with zero attached hydrogens (tertiary/aromatic N) is 2. The molecule has 0 saturated heterocycles. The van der Waals surface area contributed by atoms with Crippen LogP contribution in [0.3, 0.4) is 0 Å².